The Balaban J connectivity index is 0.00000220. The van der Waals surface area contributed by atoms with Gasteiger partial charge in [-0.3, -0.25) is 4.79 Å². The number of amides is 1. The van der Waals surface area contributed by atoms with Gasteiger partial charge in [-0.25, -0.2) is 4.68 Å². The molecule has 0 radical (unpaired) electrons. The van der Waals surface area contributed by atoms with Crippen molar-refractivity contribution in [1.29, 1.82) is 0 Å². The average molecular weight is 309 g/mol. The lowest BCUT2D eigenvalue weighted by Crippen LogP contribution is -2.38. The Kier molecular flexibility index (Phi) is 6.91. The first-order chi connectivity index (χ1) is 9.70. The van der Waals surface area contributed by atoms with Gasteiger partial charge in [-0.1, -0.05) is 6.92 Å². The molecule has 5 nitrogen and oxygen atoms in total. The number of nitrogens with one attached hydrogen (secondary N) is 2. The lowest BCUT2D eigenvalue weighted by atomic mass is 10.2. The maximum absolute atomic E-state index is 12.0. The maximum atomic E-state index is 12.0. The van der Waals surface area contributed by atoms with Crippen molar-refractivity contribution in [2.24, 2.45) is 0 Å². The first-order valence-electron chi connectivity index (χ1n) is 6.82. The maximum Gasteiger partial charge on any atom is 0.251 e. The SMILES string of the molecule is CCN[C@H](C)CNC(=O)c1ccc(-n2cccn2)cc1.Cl. The summed E-state index contributed by atoms with van der Waals surface area (Å²) in [5.74, 6) is -0.0539. The summed E-state index contributed by atoms with van der Waals surface area (Å²) in [6, 6.07) is 9.52. The zero-order valence-corrected chi connectivity index (χ0v) is 13.1. The number of nitrogens with zero attached hydrogens (tertiary/aromatic N) is 2. The van der Waals surface area contributed by atoms with Gasteiger partial charge in [0, 0.05) is 30.5 Å². The molecule has 0 aliphatic rings. The average Bonchev–Trinajstić information content (AvgIpc) is 2.99. The molecule has 0 saturated heterocycles. The number of hydrogen-bond acceptors (Lipinski definition) is 3. The smallest absolute Gasteiger partial charge is 0.251 e. The molecule has 0 aliphatic heterocycles. The summed E-state index contributed by atoms with van der Waals surface area (Å²) in [6.45, 7) is 5.61. The zero-order chi connectivity index (χ0) is 14.4. The number of halogens is 1. The van der Waals surface area contributed by atoms with E-state index in [9.17, 15) is 4.79 Å². The summed E-state index contributed by atoms with van der Waals surface area (Å²) in [4.78, 5) is 12.0. The van der Waals surface area contributed by atoms with Crippen molar-refractivity contribution in [3.63, 3.8) is 0 Å². The second-order valence-corrected chi connectivity index (χ2v) is 4.67. The largest absolute Gasteiger partial charge is 0.350 e. The summed E-state index contributed by atoms with van der Waals surface area (Å²) >= 11 is 0. The van der Waals surface area contributed by atoms with Crippen molar-refractivity contribution >= 4 is 18.3 Å². The van der Waals surface area contributed by atoms with Crippen LogP contribution in [-0.2, 0) is 0 Å². The Morgan fingerprint density at radius 2 is 2.05 bits per heavy atom. The molecule has 6 heteroatoms. The van der Waals surface area contributed by atoms with E-state index in [0.29, 0.717) is 12.1 Å². The molecule has 0 fully saturated rings. The van der Waals surface area contributed by atoms with E-state index in [2.05, 4.69) is 15.7 Å². The minimum absolute atomic E-state index is 0. The summed E-state index contributed by atoms with van der Waals surface area (Å²) in [7, 11) is 0. The minimum atomic E-state index is -0.0539. The Morgan fingerprint density at radius 3 is 2.62 bits per heavy atom. The molecule has 2 aromatic rings. The number of aromatic nitrogens is 2. The van der Waals surface area contributed by atoms with Crippen LogP contribution in [0.15, 0.2) is 42.7 Å². The van der Waals surface area contributed by atoms with Gasteiger partial charge in [0.1, 0.15) is 0 Å². The summed E-state index contributed by atoms with van der Waals surface area (Å²) < 4.78 is 1.76. The van der Waals surface area contributed by atoms with Crippen molar-refractivity contribution in [2.75, 3.05) is 13.1 Å². The first kappa shape index (κ1) is 17.2. The molecule has 114 valence electrons. The molecule has 0 bridgehead atoms. The molecule has 1 aromatic heterocycles. The molecule has 1 amide bonds. The van der Waals surface area contributed by atoms with E-state index in [0.717, 1.165) is 12.2 Å². The fourth-order valence-corrected chi connectivity index (χ4v) is 1.96. The predicted molar refractivity (Wildman–Crippen MR) is 86.3 cm³/mol. The van der Waals surface area contributed by atoms with Crippen molar-refractivity contribution in [1.82, 2.24) is 20.4 Å². The third-order valence-electron chi connectivity index (χ3n) is 3.02. The molecule has 1 atom stereocenters. The lowest BCUT2D eigenvalue weighted by Gasteiger charge is -2.13. The molecule has 1 heterocycles. The molecular weight excluding hydrogens is 288 g/mol. The molecule has 1 aromatic carbocycles. The van der Waals surface area contributed by atoms with Crippen LogP contribution in [0.2, 0.25) is 0 Å². The standard InChI is InChI=1S/C15H20N4O.ClH/c1-3-16-12(2)11-17-15(20)13-5-7-14(8-6-13)19-10-4-9-18-19;/h4-10,12,16H,3,11H2,1-2H3,(H,17,20);1H/t12-;/m1./s1. The van der Waals surface area contributed by atoms with Crippen molar-refractivity contribution in [3.05, 3.63) is 48.3 Å². The third kappa shape index (κ3) is 4.88. The Labute approximate surface area is 131 Å². The summed E-state index contributed by atoms with van der Waals surface area (Å²) in [5.41, 5.74) is 1.59. The van der Waals surface area contributed by atoms with Crippen LogP contribution in [0.3, 0.4) is 0 Å². The monoisotopic (exact) mass is 308 g/mol. The minimum Gasteiger partial charge on any atom is -0.350 e. The molecule has 0 aliphatic carbocycles. The van der Waals surface area contributed by atoms with Gasteiger partial charge in [0.15, 0.2) is 0 Å². The van der Waals surface area contributed by atoms with Gasteiger partial charge in [0.05, 0.1) is 5.69 Å². The number of benzene rings is 1. The number of rotatable bonds is 6. The normalized spacial score (nSPS) is 11.5. The second-order valence-electron chi connectivity index (χ2n) is 4.67. The molecule has 2 N–H and O–H groups in total. The number of carbonyl (C=O) groups excluding carboxylic acids is 1. The van der Waals surface area contributed by atoms with Crippen LogP contribution in [0.25, 0.3) is 5.69 Å². The fourth-order valence-electron chi connectivity index (χ4n) is 1.96. The van der Waals surface area contributed by atoms with Crippen LogP contribution in [0.1, 0.15) is 24.2 Å². The van der Waals surface area contributed by atoms with Crippen molar-refractivity contribution < 1.29 is 4.79 Å². The molecular formula is C15H21ClN4O. The van der Waals surface area contributed by atoms with Gasteiger partial charge in [-0.05, 0) is 43.8 Å². The number of likely N-dealkylation sites (N-methyl/N-ethyl adjacent to an activating group) is 1. The van der Waals surface area contributed by atoms with Crippen LogP contribution in [0.4, 0.5) is 0 Å². The molecule has 2 rings (SSSR count). The quantitative estimate of drug-likeness (QED) is 0.858. The van der Waals surface area contributed by atoms with E-state index < -0.39 is 0 Å². The number of hydrogen-bond donors (Lipinski definition) is 2. The van der Waals surface area contributed by atoms with Crippen LogP contribution < -0.4 is 10.6 Å². The highest BCUT2D eigenvalue weighted by Crippen LogP contribution is 2.08. The number of carbonyl (C=O) groups is 1. The van der Waals surface area contributed by atoms with E-state index in [1.165, 1.54) is 0 Å². The Morgan fingerprint density at radius 1 is 1.33 bits per heavy atom. The Hall–Kier alpha value is -1.85. The third-order valence-corrected chi connectivity index (χ3v) is 3.02. The fraction of sp³-hybridized carbons (Fsp3) is 0.333. The van der Waals surface area contributed by atoms with Gasteiger partial charge in [0.2, 0.25) is 0 Å². The molecule has 0 saturated carbocycles. The van der Waals surface area contributed by atoms with E-state index in [-0.39, 0.29) is 24.4 Å². The summed E-state index contributed by atoms with van der Waals surface area (Å²) in [5, 5.41) is 10.3. The summed E-state index contributed by atoms with van der Waals surface area (Å²) in [6.07, 6.45) is 3.59. The lowest BCUT2D eigenvalue weighted by molar-refractivity contribution is 0.0950. The van der Waals surface area contributed by atoms with Crippen molar-refractivity contribution in [3.8, 4) is 5.69 Å². The van der Waals surface area contributed by atoms with Gasteiger partial charge < -0.3 is 10.6 Å². The van der Waals surface area contributed by atoms with Gasteiger partial charge in [-0.2, -0.15) is 5.10 Å². The molecule has 21 heavy (non-hydrogen) atoms. The van der Waals surface area contributed by atoms with Gasteiger partial charge in [0.25, 0.3) is 5.91 Å². The van der Waals surface area contributed by atoms with E-state index in [4.69, 9.17) is 0 Å². The first-order valence-corrected chi connectivity index (χ1v) is 6.82. The van der Waals surface area contributed by atoms with E-state index in [1.54, 1.807) is 10.9 Å². The zero-order valence-electron chi connectivity index (χ0n) is 12.2. The topological polar surface area (TPSA) is 58.9 Å². The predicted octanol–water partition coefficient (Wildman–Crippen LogP) is 2.02. The van der Waals surface area contributed by atoms with Crippen LogP contribution in [-0.4, -0.2) is 34.8 Å². The highest BCUT2D eigenvalue weighted by molar-refractivity contribution is 5.94. The van der Waals surface area contributed by atoms with Crippen LogP contribution >= 0.6 is 12.4 Å². The van der Waals surface area contributed by atoms with Gasteiger partial charge in [-0.15, -0.1) is 12.4 Å². The Bertz CT molecular complexity index is 539. The van der Waals surface area contributed by atoms with Crippen LogP contribution in [0.5, 0.6) is 0 Å². The highest BCUT2D eigenvalue weighted by atomic mass is 35.5. The van der Waals surface area contributed by atoms with Crippen LogP contribution in [0, 0.1) is 0 Å². The van der Waals surface area contributed by atoms with E-state index in [1.807, 2.05) is 50.4 Å². The van der Waals surface area contributed by atoms with Crippen molar-refractivity contribution in [2.45, 2.75) is 19.9 Å². The van der Waals surface area contributed by atoms with Gasteiger partial charge >= 0.3 is 0 Å². The molecule has 0 spiro atoms. The second kappa shape index (κ2) is 8.44. The molecule has 0 unspecified atom stereocenters. The highest BCUT2D eigenvalue weighted by Gasteiger charge is 2.07. The van der Waals surface area contributed by atoms with E-state index >= 15 is 0 Å².